The number of fused-ring (bicyclic) bond motifs is 1. The van der Waals surface area contributed by atoms with E-state index in [0.29, 0.717) is 17.7 Å². The molecule has 2 rings (SSSR count). The fourth-order valence-electron chi connectivity index (χ4n) is 1.96. The maximum Gasteiger partial charge on any atom is 0.333 e. The number of carbonyl (C=O) groups is 1. The van der Waals surface area contributed by atoms with Crippen molar-refractivity contribution in [3.05, 3.63) is 47.7 Å². The Morgan fingerprint density at radius 2 is 2.26 bits per heavy atom. The van der Waals surface area contributed by atoms with E-state index in [1.54, 1.807) is 13.0 Å². The zero-order chi connectivity index (χ0) is 13.8. The summed E-state index contributed by atoms with van der Waals surface area (Å²) in [5.74, 6) is -0.325. The molecule has 0 fully saturated rings. The number of hydrogen-bond donors (Lipinski definition) is 0. The van der Waals surface area contributed by atoms with Crippen LogP contribution in [-0.2, 0) is 16.1 Å². The first-order valence-electron chi connectivity index (χ1n) is 5.90. The Morgan fingerprint density at radius 1 is 1.47 bits per heavy atom. The number of esters is 1. The van der Waals surface area contributed by atoms with Gasteiger partial charge in [0.2, 0.25) is 0 Å². The number of rotatable bonds is 3. The number of aromatic nitrogens is 1. The molecular weight excluding hydrogens is 240 g/mol. The van der Waals surface area contributed by atoms with Crippen molar-refractivity contribution in [1.29, 1.82) is 5.26 Å². The van der Waals surface area contributed by atoms with Gasteiger partial charge in [0.05, 0.1) is 18.7 Å². The molecule has 19 heavy (non-hydrogen) atoms. The molecule has 4 heteroatoms. The summed E-state index contributed by atoms with van der Waals surface area (Å²) in [6.07, 6.45) is 3.72. The fraction of sp³-hybridized carbons (Fsp3) is 0.200. The molecule has 0 unspecified atom stereocenters. The first-order valence-corrected chi connectivity index (χ1v) is 5.90. The van der Waals surface area contributed by atoms with Crippen LogP contribution in [0.2, 0.25) is 0 Å². The van der Waals surface area contributed by atoms with Crippen molar-refractivity contribution in [2.45, 2.75) is 13.5 Å². The summed E-state index contributed by atoms with van der Waals surface area (Å²) in [7, 11) is 1.37. The molecule has 0 spiro atoms. The predicted octanol–water partition coefficient (Wildman–Crippen LogP) is 2.63. The predicted molar refractivity (Wildman–Crippen MR) is 72.4 cm³/mol. The molecule has 0 saturated heterocycles. The standard InChI is InChI=1S/C15H14N2O2/c1-11(15(18)19-2)6-8-17-9-7-13-12(10-16)4-3-5-14(13)17/h3-7,9H,8H2,1-2H3/b11-6+. The summed E-state index contributed by atoms with van der Waals surface area (Å²) < 4.78 is 6.64. The van der Waals surface area contributed by atoms with Gasteiger partial charge in [0.1, 0.15) is 0 Å². The smallest absolute Gasteiger partial charge is 0.333 e. The second-order valence-electron chi connectivity index (χ2n) is 4.20. The normalized spacial score (nSPS) is 11.3. The van der Waals surface area contributed by atoms with Crippen molar-refractivity contribution in [3.8, 4) is 6.07 Å². The minimum Gasteiger partial charge on any atom is -0.466 e. The van der Waals surface area contributed by atoms with Crippen LogP contribution in [0.1, 0.15) is 12.5 Å². The van der Waals surface area contributed by atoms with E-state index in [4.69, 9.17) is 5.26 Å². The molecule has 0 amide bonds. The van der Waals surface area contributed by atoms with Crippen molar-refractivity contribution in [2.75, 3.05) is 7.11 Å². The Balaban J connectivity index is 2.33. The van der Waals surface area contributed by atoms with Crippen LogP contribution in [0.4, 0.5) is 0 Å². The quantitative estimate of drug-likeness (QED) is 0.625. The summed E-state index contributed by atoms with van der Waals surface area (Å²) in [6, 6.07) is 9.69. The molecule has 0 aliphatic carbocycles. The topological polar surface area (TPSA) is 55.0 Å². The molecule has 0 bridgehead atoms. The third-order valence-electron chi connectivity index (χ3n) is 3.04. The lowest BCUT2D eigenvalue weighted by Gasteiger charge is -2.03. The average molecular weight is 254 g/mol. The first kappa shape index (κ1) is 12.9. The van der Waals surface area contributed by atoms with E-state index in [1.807, 2.05) is 35.0 Å². The van der Waals surface area contributed by atoms with Crippen LogP contribution in [0.25, 0.3) is 10.9 Å². The van der Waals surface area contributed by atoms with Crippen molar-refractivity contribution in [1.82, 2.24) is 4.57 Å². The van der Waals surface area contributed by atoms with Gasteiger partial charge in [-0.3, -0.25) is 0 Å². The van der Waals surface area contributed by atoms with Crippen LogP contribution in [0, 0.1) is 11.3 Å². The molecule has 96 valence electrons. The second kappa shape index (κ2) is 5.40. The lowest BCUT2D eigenvalue weighted by molar-refractivity contribution is -0.136. The SMILES string of the molecule is COC(=O)/C(C)=C/Cn1ccc2c(C#N)cccc21. The molecule has 0 aliphatic rings. The van der Waals surface area contributed by atoms with Crippen LogP contribution >= 0.6 is 0 Å². The Bertz CT molecular complexity index is 690. The van der Waals surface area contributed by atoms with E-state index in [0.717, 1.165) is 10.9 Å². The summed E-state index contributed by atoms with van der Waals surface area (Å²) in [6.45, 7) is 2.29. The largest absolute Gasteiger partial charge is 0.466 e. The average Bonchev–Trinajstić information content (AvgIpc) is 2.86. The molecule has 0 aliphatic heterocycles. The summed E-state index contributed by atoms with van der Waals surface area (Å²) >= 11 is 0. The molecular formula is C15H14N2O2. The van der Waals surface area contributed by atoms with Crippen molar-refractivity contribution in [3.63, 3.8) is 0 Å². The molecule has 2 aromatic rings. The van der Waals surface area contributed by atoms with Gasteiger partial charge in [-0.2, -0.15) is 5.26 Å². The molecule has 4 nitrogen and oxygen atoms in total. The molecule has 0 saturated carbocycles. The van der Waals surface area contributed by atoms with Crippen molar-refractivity contribution < 1.29 is 9.53 Å². The minimum absolute atomic E-state index is 0.325. The van der Waals surface area contributed by atoms with Crippen LogP contribution < -0.4 is 0 Å². The summed E-state index contributed by atoms with van der Waals surface area (Å²) in [5, 5.41) is 9.96. The van der Waals surface area contributed by atoms with Crippen LogP contribution in [0.3, 0.4) is 0 Å². The highest BCUT2D eigenvalue weighted by atomic mass is 16.5. The van der Waals surface area contributed by atoms with Crippen LogP contribution in [0.5, 0.6) is 0 Å². The maximum absolute atomic E-state index is 11.3. The molecule has 1 aromatic carbocycles. The Morgan fingerprint density at radius 3 is 2.95 bits per heavy atom. The van der Waals surface area contributed by atoms with E-state index < -0.39 is 0 Å². The van der Waals surface area contributed by atoms with Gasteiger partial charge in [-0.1, -0.05) is 12.1 Å². The molecule has 1 heterocycles. The highest BCUT2D eigenvalue weighted by Gasteiger charge is 2.05. The van der Waals surface area contributed by atoms with Crippen molar-refractivity contribution >= 4 is 16.9 Å². The van der Waals surface area contributed by atoms with E-state index >= 15 is 0 Å². The van der Waals surface area contributed by atoms with E-state index in [9.17, 15) is 4.79 Å². The Labute approximate surface area is 111 Å². The molecule has 0 atom stereocenters. The van der Waals surface area contributed by atoms with Gasteiger partial charge in [0.15, 0.2) is 0 Å². The van der Waals surface area contributed by atoms with Crippen LogP contribution in [0.15, 0.2) is 42.1 Å². The highest BCUT2D eigenvalue weighted by molar-refractivity contribution is 5.88. The molecule has 0 N–H and O–H groups in total. The van der Waals surface area contributed by atoms with Gasteiger partial charge in [-0.25, -0.2) is 4.79 Å². The monoisotopic (exact) mass is 254 g/mol. The molecule has 0 radical (unpaired) electrons. The van der Waals surface area contributed by atoms with E-state index in [1.165, 1.54) is 7.11 Å². The van der Waals surface area contributed by atoms with Crippen molar-refractivity contribution in [2.24, 2.45) is 0 Å². The number of ether oxygens (including phenoxy) is 1. The highest BCUT2D eigenvalue weighted by Crippen LogP contribution is 2.19. The van der Waals surface area contributed by atoms with Gasteiger partial charge in [0, 0.05) is 29.2 Å². The Hall–Kier alpha value is -2.54. The van der Waals surface area contributed by atoms with Gasteiger partial charge in [0.25, 0.3) is 0 Å². The van der Waals surface area contributed by atoms with Gasteiger partial charge in [-0.05, 0) is 25.1 Å². The van der Waals surface area contributed by atoms with Gasteiger partial charge < -0.3 is 9.30 Å². The second-order valence-corrected chi connectivity index (χ2v) is 4.20. The third kappa shape index (κ3) is 2.50. The number of nitrogens with zero attached hydrogens (tertiary/aromatic N) is 2. The maximum atomic E-state index is 11.3. The summed E-state index contributed by atoms with van der Waals surface area (Å²) in [5.41, 5.74) is 2.21. The molecule has 1 aromatic heterocycles. The fourth-order valence-corrected chi connectivity index (χ4v) is 1.96. The zero-order valence-corrected chi connectivity index (χ0v) is 10.9. The number of benzene rings is 1. The van der Waals surface area contributed by atoms with Crippen LogP contribution in [-0.4, -0.2) is 17.6 Å². The van der Waals surface area contributed by atoms with Gasteiger partial charge in [-0.15, -0.1) is 0 Å². The summed E-state index contributed by atoms with van der Waals surface area (Å²) in [4.78, 5) is 11.3. The van der Waals surface area contributed by atoms with Gasteiger partial charge >= 0.3 is 5.97 Å². The van der Waals surface area contributed by atoms with E-state index in [-0.39, 0.29) is 5.97 Å². The number of nitriles is 1. The number of carbonyl (C=O) groups excluding carboxylic acids is 1. The lowest BCUT2D eigenvalue weighted by atomic mass is 10.1. The van der Waals surface area contributed by atoms with E-state index in [2.05, 4.69) is 10.8 Å². The number of methoxy groups -OCH3 is 1. The third-order valence-corrected chi connectivity index (χ3v) is 3.04. The Kier molecular flexibility index (Phi) is 3.67. The minimum atomic E-state index is -0.325. The lowest BCUT2D eigenvalue weighted by Crippen LogP contribution is -2.03. The number of allylic oxidation sites excluding steroid dienone is 1. The zero-order valence-electron chi connectivity index (χ0n) is 10.9. The first-order chi connectivity index (χ1) is 9.17. The number of hydrogen-bond acceptors (Lipinski definition) is 3.